The number of nitrogens with one attached hydrogen (secondary N) is 1. The van der Waals surface area contributed by atoms with Crippen LogP contribution in [0.1, 0.15) is 30.0 Å². The Morgan fingerprint density at radius 2 is 1.62 bits per heavy atom. The van der Waals surface area contributed by atoms with Crippen molar-refractivity contribution in [1.82, 2.24) is 0 Å². The van der Waals surface area contributed by atoms with Gasteiger partial charge in [-0.05, 0) is 61.2 Å². The summed E-state index contributed by atoms with van der Waals surface area (Å²) in [6, 6.07) is 20.1. The number of benzene rings is 3. The number of imide groups is 1. The first-order valence-corrected chi connectivity index (χ1v) is 11.3. The molecule has 6 heteroatoms. The number of hydrogen-bond acceptors (Lipinski definition) is 5. The average Bonchev–Trinajstić information content (AvgIpc) is 3.09. The van der Waals surface area contributed by atoms with Gasteiger partial charge in [0.15, 0.2) is 0 Å². The number of methoxy groups -OCH3 is 1. The van der Waals surface area contributed by atoms with Gasteiger partial charge in [-0.15, -0.1) is 0 Å². The Hall–Kier alpha value is -4.06. The van der Waals surface area contributed by atoms with Gasteiger partial charge in [-0.3, -0.25) is 9.59 Å². The summed E-state index contributed by atoms with van der Waals surface area (Å²) in [6.07, 6.45) is 0.860. The molecule has 0 spiro atoms. The zero-order chi connectivity index (χ0) is 24.2. The lowest BCUT2D eigenvalue weighted by atomic mass is 9.99. The van der Waals surface area contributed by atoms with E-state index in [0.29, 0.717) is 40.6 Å². The topological polar surface area (TPSA) is 67.9 Å². The number of carbonyl (C=O) groups excluding carboxylic acids is 2. The molecule has 1 N–H and O–H groups in total. The van der Waals surface area contributed by atoms with E-state index in [4.69, 9.17) is 9.47 Å². The summed E-state index contributed by atoms with van der Waals surface area (Å²) in [4.78, 5) is 28.6. The largest absolute Gasteiger partial charge is 0.497 e. The first-order chi connectivity index (χ1) is 16.4. The number of ether oxygens (including phenoxy) is 2. The van der Waals surface area contributed by atoms with Crippen LogP contribution in [0.2, 0.25) is 0 Å². The third-order valence-corrected chi connectivity index (χ3v) is 5.77. The van der Waals surface area contributed by atoms with Crippen molar-refractivity contribution in [3.8, 4) is 11.5 Å². The smallest absolute Gasteiger partial charge is 0.282 e. The molecule has 1 aliphatic rings. The monoisotopic (exact) mass is 456 g/mol. The molecule has 0 unspecified atom stereocenters. The van der Waals surface area contributed by atoms with Crippen LogP contribution in [0.15, 0.2) is 72.4 Å². The van der Waals surface area contributed by atoms with Gasteiger partial charge in [0.25, 0.3) is 11.8 Å². The highest BCUT2D eigenvalue weighted by molar-refractivity contribution is 6.46. The number of rotatable bonds is 8. The van der Waals surface area contributed by atoms with Gasteiger partial charge in [0.05, 0.1) is 25.0 Å². The first-order valence-electron chi connectivity index (χ1n) is 11.3. The van der Waals surface area contributed by atoms with Gasteiger partial charge in [-0.2, -0.15) is 0 Å². The van der Waals surface area contributed by atoms with Gasteiger partial charge in [-0.1, -0.05) is 37.3 Å². The summed E-state index contributed by atoms with van der Waals surface area (Å²) in [6.45, 7) is 6.58. The molecule has 0 bridgehead atoms. The highest BCUT2D eigenvalue weighted by Gasteiger charge is 2.40. The fraction of sp³-hybridized carbons (Fsp3) is 0.214. The van der Waals surface area contributed by atoms with E-state index in [0.717, 1.165) is 17.5 Å². The van der Waals surface area contributed by atoms with Crippen molar-refractivity contribution in [3.05, 3.63) is 89.1 Å². The van der Waals surface area contributed by atoms with Gasteiger partial charge in [0.1, 0.15) is 17.2 Å². The lowest BCUT2D eigenvalue weighted by Crippen LogP contribution is -2.32. The van der Waals surface area contributed by atoms with Crippen LogP contribution in [0.4, 0.5) is 11.4 Å². The number of aryl methyl sites for hydroxylation is 2. The SMILES string of the molecule is CCCOc1cccc(N2C(=O)C(Nc3cccc(OC)c3)=C(c3ccc(C)c(C)c3)C2=O)c1. The molecule has 1 heterocycles. The Bertz CT molecular complexity index is 1280. The molecule has 3 aromatic carbocycles. The molecular weight excluding hydrogens is 428 g/mol. The van der Waals surface area contributed by atoms with E-state index >= 15 is 0 Å². The van der Waals surface area contributed by atoms with Crippen molar-refractivity contribution in [2.75, 3.05) is 23.9 Å². The van der Waals surface area contributed by atoms with E-state index in [1.807, 2.05) is 63.2 Å². The maximum absolute atomic E-state index is 13.7. The zero-order valence-electron chi connectivity index (χ0n) is 19.8. The molecule has 34 heavy (non-hydrogen) atoms. The van der Waals surface area contributed by atoms with E-state index in [1.165, 1.54) is 4.90 Å². The number of amides is 2. The van der Waals surface area contributed by atoms with E-state index in [9.17, 15) is 9.59 Å². The van der Waals surface area contributed by atoms with Crippen LogP contribution >= 0.6 is 0 Å². The Morgan fingerprint density at radius 3 is 2.35 bits per heavy atom. The van der Waals surface area contributed by atoms with Crippen LogP contribution in [0, 0.1) is 13.8 Å². The van der Waals surface area contributed by atoms with Crippen molar-refractivity contribution >= 4 is 28.8 Å². The summed E-state index contributed by atoms with van der Waals surface area (Å²) >= 11 is 0. The van der Waals surface area contributed by atoms with Crippen LogP contribution in [-0.4, -0.2) is 25.5 Å². The molecule has 6 nitrogen and oxygen atoms in total. The predicted octanol–water partition coefficient (Wildman–Crippen LogP) is 5.50. The molecule has 0 fully saturated rings. The average molecular weight is 457 g/mol. The van der Waals surface area contributed by atoms with Crippen molar-refractivity contribution in [2.45, 2.75) is 27.2 Å². The molecule has 0 saturated heterocycles. The molecule has 4 rings (SSSR count). The summed E-state index contributed by atoms with van der Waals surface area (Å²) in [7, 11) is 1.58. The number of nitrogens with zero attached hydrogens (tertiary/aromatic N) is 1. The van der Waals surface area contributed by atoms with Gasteiger partial charge in [-0.25, -0.2) is 4.90 Å². The van der Waals surface area contributed by atoms with E-state index < -0.39 is 5.91 Å². The van der Waals surface area contributed by atoms with Crippen LogP contribution < -0.4 is 19.7 Å². The molecule has 2 amide bonds. The van der Waals surface area contributed by atoms with Gasteiger partial charge >= 0.3 is 0 Å². The normalized spacial score (nSPS) is 13.5. The Kier molecular flexibility index (Phi) is 6.68. The highest BCUT2D eigenvalue weighted by atomic mass is 16.5. The van der Waals surface area contributed by atoms with Crippen molar-refractivity contribution < 1.29 is 19.1 Å². The minimum atomic E-state index is -0.423. The Balaban J connectivity index is 1.79. The minimum Gasteiger partial charge on any atom is -0.497 e. The molecule has 0 atom stereocenters. The second kappa shape index (κ2) is 9.83. The van der Waals surface area contributed by atoms with Crippen LogP contribution in [0.25, 0.3) is 5.57 Å². The minimum absolute atomic E-state index is 0.224. The number of carbonyl (C=O) groups is 2. The number of hydrogen-bond donors (Lipinski definition) is 1. The first kappa shape index (κ1) is 23.1. The highest BCUT2D eigenvalue weighted by Crippen LogP contribution is 2.35. The Labute approximate surface area is 199 Å². The molecule has 1 aliphatic heterocycles. The second-order valence-electron chi connectivity index (χ2n) is 8.20. The van der Waals surface area contributed by atoms with Crippen LogP contribution in [-0.2, 0) is 9.59 Å². The van der Waals surface area contributed by atoms with Crippen molar-refractivity contribution in [2.24, 2.45) is 0 Å². The van der Waals surface area contributed by atoms with E-state index in [1.54, 1.807) is 31.4 Å². The van der Waals surface area contributed by atoms with Crippen LogP contribution in [0.5, 0.6) is 11.5 Å². The summed E-state index contributed by atoms with van der Waals surface area (Å²) in [5.74, 6) is 0.453. The van der Waals surface area contributed by atoms with E-state index in [-0.39, 0.29) is 11.6 Å². The zero-order valence-corrected chi connectivity index (χ0v) is 19.8. The molecule has 0 radical (unpaired) electrons. The molecule has 174 valence electrons. The Morgan fingerprint density at radius 1 is 0.853 bits per heavy atom. The summed E-state index contributed by atoms with van der Waals surface area (Å²) in [5, 5.41) is 3.18. The fourth-order valence-corrected chi connectivity index (χ4v) is 3.82. The maximum Gasteiger partial charge on any atom is 0.282 e. The lowest BCUT2D eigenvalue weighted by Gasteiger charge is -2.17. The summed E-state index contributed by atoms with van der Waals surface area (Å²) < 4.78 is 11.0. The quantitative estimate of drug-likeness (QED) is 0.454. The number of anilines is 2. The third kappa shape index (κ3) is 4.53. The lowest BCUT2D eigenvalue weighted by molar-refractivity contribution is -0.120. The molecule has 0 saturated carbocycles. The fourth-order valence-electron chi connectivity index (χ4n) is 3.82. The summed E-state index contributed by atoms with van der Waals surface area (Å²) in [5.41, 5.74) is 4.51. The standard InChI is InChI=1S/C28H28N2O4/c1-5-14-34-24-11-7-9-22(17-24)30-27(31)25(20-13-12-18(2)19(3)15-20)26(28(30)32)29-21-8-6-10-23(16-21)33-4/h6-13,15-17,29H,5,14H2,1-4H3. The third-order valence-electron chi connectivity index (χ3n) is 5.77. The molecule has 0 aromatic heterocycles. The van der Waals surface area contributed by atoms with Gasteiger partial charge < -0.3 is 14.8 Å². The van der Waals surface area contributed by atoms with E-state index in [2.05, 4.69) is 5.32 Å². The second-order valence-corrected chi connectivity index (χ2v) is 8.20. The predicted molar refractivity (Wildman–Crippen MR) is 134 cm³/mol. The molecule has 3 aromatic rings. The van der Waals surface area contributed by atoms with Crippen molar-refractivity contribution in [3.63, 3.8) is 0 Å². The van der Waals surface area contributed by atoms with Crippen molar-refractivity contribution in [1.29, 1.82) is 0 Å². The van der Waals surface area contributed by atoms with Gasteiger partial charge in [0, 0.05) is 17.8 Å². The van der Waals surface area contributed by atoms with Crippen LogP contribution in [0.3, 0.4) is 0 Å². The molecular formula is C28H28N2O4. The van der Waals surface area contributed by atoms with Gasteiger partial charge in [0.2, 0.25) is 0 Å². The molecule has 0 aliphatic carbocycles. The maximum atomic E-state index is 13.7.